The van der Waals surface area contributed by atoms with Crippen LogP contribution >= 0.6 is 0 Å². The van der Waals surface area contributed by atoms with Gasteiger partial charge in [-0.15, -0.1) is 0 Å². The largest absolute Gasteiger partial charge is 0.495 e. The van der Waals surface area contributed by atoms with Crippen LogP contribution in [0.2, 0.25) is 0 Å². The van der Waals surface area contributed by atoms with E-state index in [1.165, 1.54) is 19.2 Å². The topological polar surface area (TPSA) is 88.2 Å². The van der Waals surface area contributed by atoms with Crippen LogP contribution in [0.3, 0.4) is 0 Å². The lowest BCUT2D eigenvalue weighted by atomic mass is 10.1. The van der Waals surface area contributed by atoms with Crippen molar-refractivity contribution in [3.05, 3.63) is 63.7 Å². The van der Waals surface area contributed by atoms with Crippen LogP contribution in [-0.4, -0.2) is 12.0 Å². The lowest BCUT2D eigenvalue weighted by molar-refractivity contribution is -0.384. The van der Waals surface area contributed by atoms with Gasteiger partial charge in [0, 0.05) is 18.7 Å². The average molecular weight is 283 g/mol. The van der Waals surface area contributed by atoms with Crippen molar-refractivity contribution in [3.8, 4) is 11.8 Å². The highest BCUT2D eigenvalue weighted by Crippen LogP contribution is 2.29. The molecule has 2 aromatic carbocycles. The number of nitrogens with zero attached hydrogens (tertiary/aromatic N) is 2. The number of rotatable bonds is 5. The quantitative estimate of drug-likeness (QED) is 0.673. The van der Waals surface area contributed by atoms with Crippen LogP contribution in [0, 0.1) is 21.4 Å². The van der Waals surface area contributed by atoms with Crippen LogP contribution < -0.4 is 10.1 Å². The Bertz CT molecular complexity index is 690. The van der Waals surface area contributed by atoms with E-state index in [2.05, 4.69) is 11.4 Å². The Kier molecular flexibility index (Phi) is 4.36. The zero-order valence-electron chi connectivity index (χ0n) is 11.4. The van der Waals surface area contributed by atoms with Gasteiger partial charge >= 0.3 is 0 Å². The molecule has 0 aromatic heterocycles. The second-order valence-corrected chi connectivity index (χ2v) is 4.30. The first-order valence-corrected chi connectivity index (χ1v) is 6.19. The van der Waals surface area contributed by atoms with Crippen molar-refractivity contribution in [2.75, 3.05) is 12.4 Å². The van der Waals surface area contributed by atoms with Crippen molar-refractivity contribution in [1.82, 2.24) is 0 Å². The van der Waals surface area contributed by atoms with Gasteiger partial charge in [0.1, 0.15) is 5.75 Å². The van der Waals surface area contributed by atoms with E-state index in [-0.39, 0.29) is 5.69 Å². The van der Waals surface area contributed by atoms with E-state index < -0.39 is 4.92 Å². The van der Waals surface area contributed by atoms with Gasteiger partial charge in [0.25, 0.3) is 5.69 Å². The molecule has 0 heterocycles. The van der Waals surface area contributed by atoms with Gasteiger partial charge < -0.3 is 10.1 Å². The molecule has 106 valence electrons. The number of nitrogens with one attached hydrogen (secondary N) is 1. The van der Waals surface area contributed by atoms with Crippen molar-refractivity contribution in [2.45, 2.75) is 6.54 Å². The lowest BCUT2D eigenvalue weighted by Gasteiger charge is -2.11. The fourth-order valence-electron chi connectivity index (χ4n) is 1.84. The molecule has 0 aliphatic heterocycles. The second-order valence-electron chi connectivity index (χ2n) is 4.30. The van der Waals surface area contributed by atoms with E-state index in [9.17, 15) is 10.1 Å². The molecule has 0 radical (unpaired) electrons. The summed E-state index contributed by atoms with van der Waals surface area (Å²) in [6, 6.07) is 13.5. The molecule has 0 atom stereocenters. The summed E-state index contributed by atoms with van der Waals surface area (Å²) in [7, 11) is 1.51. The maximum Gasteiger partial charge on any atom is 0.271 e. The molecule has 0 unspecified atom stereocenters. The number of nitro benzene ring substituents is 1. The van der Waals surface area contributed by atoms with Crippen LogP contribution in [-0.2, 0) is 6.54 Å². The summed E-state index contributed by atoms with van der Waals surface area (Å²) in [6.45, 7) is 0.475. The first-order valence-electron chi connectivity index (χ1n) is 6.19. The zero-order chi connectivity index (χ0) is 15.2. The molecule has 21 heavy (non-hydrogen) atoms. The first-order chi connectivity index (χ1) is 10.1. The van der Waals surface area contributed by atoms with E-state index >= 15 is 0 Å². The molecule has 6 nitrogen and oxygen atoms in total. The molecule has 0 aliphatic carbocycles. The third kappa shape index (κ3) is 3.48. The number of benzene rings is 2. The Morgan fingerprint density at radius 2 is 2.00 bits per heavy atom. The fraction of sp³-hybridized carbons (Fsp3) is 0.133. The Morgan fingerprint density at radius 3 is 2.57 bits per heavy atom. The van der Waals surface area contributed by atoms with Gasteiger partial charge in [-0.05, 0) is 23.8 Å². The number of methoxy groups -OCH3 is 1. The molecule has 0 saturated heterocycles. The summed E-state index contributed by atoms with van der Waals surface area (Å²) in [5.41, 5.74) is 2.10. The third-order valence-corrected chi connectivity index (χ3v) is 2.96. The van der Waals surface area contributed by atoms with Crippen LogP contribution in [0.25, 0.3) is 0 Å². The van der Waals surface area contributed by atoms with E-state index in [1.54, 1.807) is 18.2 Å². The van der Waals surface area contributed by atoms with Gasteiger partial charge in [0.2, 0.25) is 0 Å². The smallest absolute Gasteiger partial charge is 0.271 e. The Balaban J connectivity index is 2.16. The Morgan fingerprint density at radius 1 is 1.29 bits per heavy atom. The fourth-order valence-corrected chi connectivity index (χ4v) is 1.84. The van der Waals surface area contributed by atoms with Gasteiger partial charge in [0.05, 0.1) is 29.4 Å². The zero-order valence-corrected chi connectivity index (χ0v) is 11.4. The lowest BCUT2D eigenvalue weighted by Crippen LogP contribution is -2.02. The molecule has 0 fully saturated rings. The predicted molar refractivity (Wildman–Crippen MR) is 78.1 cm³/mol. The van der Waals surface area contributed by atoms with E-state index in [0.29, 0.717) is 23.5 Å². The molecular formula is C15H13N3O3. The number of hydrogen-bond acceptors (Lipinski definition) is 5. The summed E-state index contributed by atoms with van der Waals surface area (Å²) >= 11 is 0. The molecule has 2 aromatic rings. The van der Waals surface area contributed by atoms with Crippen molar-refractivity contribution >= 4 is 11.4 Å². The summed E-state index contributed by atoms with van der Waals surface area (Å²) in [5, 5.41) is 22.6. The highest BCUT2D eigenvalue weighted by molar-refractivity contribution is 5.61. The number of non-ortho nitro benzene ring substituents is 1. The molecule has 0 saturated carbocycles. The summed E-state index contributed by atoms with van der Waals surface area (Å²) in [6.07, 6.45) is 0. The van der Waals surface area contributed by atoms with Crippen molar-refractivity contribution < 1.29 is 9.66 Å². The van der Waals surface area contributed by atoms with Crippen LogP contribution in [0.5, 0.6) is 5.75 Å². The van der Waals surface area contributed by atoms with E-state index in [4.69, 9.17) is 10.00 Å². The Hall–Kier alpha value is -3.07. The van der Waals surface area contributed by atoms with Gasteiger partial charge in [-0.2, -0.15) is 5.26 Å². The SMILES string of the molecule is COc1ccc([N+](=O)[O-])cc1NCc1ccc(C#N)cc1. The highest BCUT2D eigenvalue weighted by Gasteiger charge is 2.11. The summed E-state index contributed by atoms with van der Waals surface area (Å²) in [4.78, 5) is 10.4. The number of nitro groups is 1. The van der Waals surface area contributed by atoms with Crippen LogP contribution in [0.15, 0.2) is 42.5 Å². The number of anilines is 1. The van der Waals surface area contributed by atoms with Crippen LogP contribution in [0.1, 0.15) is 11.1 Å². The average Bonchev–Trinajstić information content (AvgIpc) is 2.53. The molecule has 0 spiro atoms. The second kappa shape index (κ2) is 6.39. The molecule has 0 amide bonds. The molecule has 6 heteroatoms. The number of nitriles is 1. The maximum atomic E-state index is 10.8. The normalized spacial score (nSPS) is 9.71. The number of ether oxygens (including phenoxy) is 1. The maximum absolute atomic E-state index is 10.8. The van der Waals surface area contributed by atoms with Gasteiger partial charge in [-0.3, -0.25) is 10.1 Å². The standard InChI is InChI=1S/C15H13N3O3/c1-21-15-7-6-13(18(19)20)8-14(15)17-10-12-4-2-11(9-16)3-5-12/h2-8,17H,10H2,1H3. The molecular weight excluding hydrogens is 270 g/mol. The van der Waals surface area contributed by atoms with E-state index in [1.807, 2.05) is 12.1 Å². The highest BCUT2D eigenvalue weighted by atomic mass is 16.6. The van der Waals surface area contributed by atoms with Gasteiger partial charge in [-0.1, -0.05) is 12.1 Å². The molecule has 1 N–H and O–H groups in total. The Labute approximate surface area is 121 Å². The molecule has 0 bridgehead atoms. The summed E-state index contributed by atoms with van der Waals surface area (Å²) < 4.78 is 5.18. The monoisotopic (exact) mass is 283 g/mol. The third-order valence-electron chi connectivity index (χ3n) is 2.96. The van der Waals surface area contributed by atoms with Crippen molar-refractivity contribution in [2.24, 2.45) is 0 Å². The first kappa shape index (κ1) is 14.3. The predicted octanol–water partition coefficient (Wildman–Crippen LogP) is 3.09. The minimum Gasteiger partial charge on any atom is -0.495 e. The van der Waals surface area contributed by atoms with Crippen LogP contribution in [0.4, 0.5) is 11.4 Å². The minimum absolute atomic E-state index is 0.00173. The van der Waals surface area contributed by atoms with Gasteiger partial charge in [-0.25, -0.2) is 0 Å². The van der Waals surface area contributed by atoms with Crippen molar-refractivity contribution in [1.29, 1.82) is 5.26 Å². The summed E-state index contributed by atoms with van der Waals surface area (Å²) in [5.74, 6) is 0.536. The minimum atomic E-state index is -0.452. The molecule has 2 rings (SSSR count). The van der Waals surface area contributed by atoms with E-state index in [0.717, 1.165) is 5.56 Å². The number of hydrogen-bond donors (Lipinski definition) is 1. The van der Waals surface area contributed by atoms with Crippen molar-refractivity contribution in [3.63, 3.8) is 0 Å². The molecule has 0 aliphatic rings. The van der Waals surface area contributed by atoms with Gasteiger partial charge in [0.15, 0.2) is 0 Å².